The molecule has 2 aromatic rings. The maximum absolute atomic E-state index is 14.7. The predicted octanol–water partition coefficient (Wildman–Crippen LogP) is 3.97. The first kappa shape index (κ1) is 22.5. The van der Waals surface area contributed by atoms with Gasteiger partial charge in [-0.25, -0.2) is 26.4 Å². The van der Waals surface area contributed by atoms with E-state index in [2.05, 4.69) is 14.8 Å². The highest BCUT2D eigenvalue weighted by Gasteiger charge is 2.51. The van der Waals surface area contributed by atoms with Crippen LogP contribution in [-0.4, -0.2) is 36.4 Å². The van der Waals surface area contributed by atoms with Crippen LogP contribution in [0.4, 0.5) is 18.9 Å². The molecular formula is C21H19F3N4O2S. The van der Waals surface area contributed by atoms with Gasteiger partial charge in [0, 0.05) is 11.8 Å². The Morgan fingerprint density at radius 3 is 2.58 bits per heavy atom. The number of sulfone groups is 1. The molecule has 162 valence electrons. The molecule has 31 heavy (non-hydrogen) atoms. The lowest BCUT2D eigenvalue weighted by Gasteiger charge is -2.38. The van der Waals surface area contributed by atoms with E-state index in [1.54, 1.807) is 0 Å². The number of hydrogen-bond acceptors (Lipinski definition) is 5. The van der Waals surface area contributed by atoms with E-state index in [-0.39, 0.29) is 28.3 Å². The summed E-state index contributed by atoms with van der Waals surface area (Å²) in [6.07, 6.45) is 2.25. The smallest absolute Gasteiger partial charge is 0.205 e. The van der Waals surface area contributed by atoms with Crippen LogP contribution < -0.4 is 5.73 Å². The lowest BCUT2D eigenvalue weighted by Crippen LogP contribution is -2.56. The number of benzene rings is 1. The second kappa shape index (κ2) is 7.81. The van der Waals surface area contributed by atoms with Crippen molar-refractivity contribution in [2.75, 3.05) is 12.4 Å². The molecule has 1 atom stereocenters. The molecule has 0 unspecified atom stereocenters. The third-order valence-electron chi connectivity index (χ3n) is 5.29. The summed E-state index contributed by atoms with van der Waals surface area (Å²) in [7, 11) is -3.97. The molecular weight excluding hydrogens is 429 g/mol. The van der Waals surface area contributed by atoms with Crippen LogP contribution in [0.3, 0.4) is 0 Å². The number of halogens is 3. The molecule has 0 bridgehead atoms. The molecule has 6 nitrogen and oxygen atoms in total. The second-order valence-electron chi connectivity index (χ2n) is 7.68. The maximum atomic E-state index is 14.7. The lowest BCUT2D eigenvalue weighted by molar-refractivity contribution is 0.323. The van der Waals surface area contributed by atoms with Crippen LogP contribution in [0.15, 0.2) is 41.5 Å². The third-order valence-corrected chi connectivity index (χ3v) is 7.91. The zero-order valence-corrected chi connectivity index (χ0v) is 17.5. The first-order valence-electron chi connectivity index (χ1n) is 9.11. The molecule has 1 aromatic heterocycles. The van der Waals surface area contributed by atoms with Crippen molar-refractivity contribution >= 4 is 33.3 Å². The topological polar surface area (TPSA) is 89.8 Å². The highest BCUT2D eigenvalue weighted by molar-refractivity contribution is 7.93. The molecule has 0 radical (unpaired) electrons. The van der Waals surface area contributed by atoms with Crippen LogP contribution in [0.2, 0.25) is 0 Å². The van der Waals surface area contributed by atoms with Crippen molar-refractivity contribution in [3.05, 3.63) is 70.6 Å². The van der Waals surface area contributed by atoms with Gasteiger partial charge >= 0.3 is 0 Å². The number of amidine groups is 1. The van der Waals surface area contributed by atoms with Crippen molar-refractivity contribution in [2.24, 2.45) is 10.7 Å². The fraction of sp³-hybridized carbons (Fsp3) is 0.286. The predicted molar refractivity (Wildman–Crippen MR) is 113 cm³/mol. The van der Waals surface area contributed by atoms with Crippen molar-refractivity contribution in [3.8, 4) is 0 Å². The maximum Gasteiger partial charge on any atom is 0.205 e. The molecule has 1 aliphatic rings. The Morgan fingerprint density at radius 2 is 2.03 bits per heavy atom. The van der Waals surface area contributed by atoms with Gasteiger partial charge < -0.3 is 5.73 Å². The molecule has 0 fully saturated rings. The number of nitrogens with zero attached hydrogens (tertiary/aromatic N) is 3. The summed E-state index contributed by atoms with van der Waals surface area (Å²) in [4.78, 5) is 11.1. The molecule has 10 heteroatoms. The molecule has 2 N–H and O–H groups in total. The van der Waals surface area contributed by atoms with Crippen molar-refractivity contribution in [3.63, 3.8) is 0 Å². The van der Waals surface area contributed by atoms with Crippen molar-refractivity contribution < 1.29 is 21.6 Å². The van der Waals surface area contributed by atoms with E-state index in [1.807, 2.05) is 0 Å². The summed E-state index contributed by atoms with van der Waals surface area (Å²) >= 11 is 0. The largest absolute Gasteiger partial charge is 0.386 e. The quantitative estimate of drug-likeness (QED) is 0.717. The number of aliphatic imine (C=N–C) groups is 1. The Labute approximate surface area is 178 Å². The van der Waals surface area contributed by atoms with E-state index in [0.717, 1.165) is 18.2 Å². The summed E-state index contributed by atoms with van der Waals surface area (Å²) in [6, 6.07) is 6.09. The summed E-state index contributed by atoms with van der Waals surface area (Å²) < 4.78 is 67.4. The van der Waals surface area contributed by atoms with Crippen LogP contribution in [0.25, 0.3) is 16.7 Å². The van der Waals surface area contributed by atoms with Gasteiger partial charge in [0.15, 0.2) is 9.84 Å². The number of pyridine rings is 1. The van der Waals surface area contributed by atoms with Gasteiger partial charge in [-0.15, -0.1) is 0 Å². The number of alkyl halides is 1. The van der Waals surface area contributed by atoms with E-state index in [1.165, 1.54) is 38.2 Å². The zero-order chi connectivity index (χ0) is 23.0. The van der Waals surface area contributed by atoms with Crippen LogP contribution in [0.5, 0.6) is 0 Å². The standard InChI is InChI=1S/C21H19F3N4O2S/c1-20(2)19(25)28-21(11-22,12-31(20,29)30)15-8-13(4-6-16(15)23)9-17(24)18-7-5-14(26-3)10-27-18/h4-10H,11-12H2,1-2H3,(H2,25,28)/b17-9-/t21-/m0/s1. The molecule has 1 aromatic carbocycles. The molecule has 0 aliphatic carbocycles. The molecule has 0 saturated carbocycles. The Morgan fingerprint density at radius 1 is 1.32 bits per heavy atom. The number of nitrogens with two attached hydrogens (primary N) is 1. The van der Waals surface area contributed by atoms with E-state index in [9.17, 15) is 21.6 Å². The van der Waals surface area contributed by atoms with Gasteiger partial charge in [0.2, 0.25) is 5.69 Å². The minimum atomic E-state index is -3.97. The van der Waals surface area contributed by atoms with E-state index < -0.39 is 44.2 Å². The Balaban J connectivity index is 2.10. The Bertz CT molecular complexity index is 1230. The third kappa shape index (κ3) is 3.93. The zero-order valence-electron chi connectivity index (χ0n) is 16.7. The first-order valence-corrected chi connectivity index (χ1v) is 10.8. The lowest BCUT2D eigenvalue weighted by atomic mass is 9.90. The fourth-order valence-corrected chi connectivity index (χ4v) is 4.78. The fourth-order valence-electron chi connectivity index (χ4n) is 3.13. The highest BCUT2D eigenvalue weighted by atomic mass is 32.2. The number of rotatable bonds is 4. The van der Waals surface area contributed by atoms with E-state index in [0.29, 0.717) is 0 Å². The van der Waals surface area contributed by atoms with Crippen LogP contribution in [0.1, 0.15) is 30.7 Å². The number of hydrogen-bond donors (Lipinski definition) is 1. The highest BCUT2D eigenvalue weighted by Crippen LogP contribution is 2.39. The monoisotopic (exact) mass is 448 g/mol. The molecule has 0 amide bonds. The number of aromatic nitrogens is 1. The van der Waals surface area contributed by atoms with E-state index >= 15 is 0 Å². The van der Waals surface area contributed by atoms with Crippen molar-refractivity contribution in [2.45, 2.75) is 24.1 Å². The van der Waals surface area contributed by atoms with Gasteiger partial charge in [0.25, 0.3) is 0 Å². The van der Waals surface area contributed by atoms with Gasteiger partial charge in [-0.3, -0.25) is 9.98 Å². The van der Waals surface area contributed by atoms with Gasteiger partial charge in [0.05, 0.1) is 18.0 Å². The molecule has 0 spiro atoms. The summed E-state index contributed by atoms with van der Waals surface area (Å²) in [6.45, 7) is 8.28. The van der Waals surface area contributed by atoms with Gasteiger partial charge in [-0.1, -0.05) is 12.1 Å². The summed E-state index contributed by atoms with van der Waals surface area (Å²) in [5.74, 6) is -2.77. The Hall–Kier alpha value is -3.19. The van der Waals surface area contributed by atoms with Gasteiger partial charge in [-0.2, -0.15) is 0 Å². The van der Waals surface area contributed by atoms with Crippen molar-refractivity contribution in [1.29, 1.82) is 0 Å². The summed E-state index contributed by atoms with van der Waals surface area (Å²) in [5, 5.41) is 0. The molecule has 0 saturated heterocycles. The molecule has 2 heterocycles. The average molecular weight is 448 g/mol. The van der Waals surface area contributed by atoms with Crippen LogP contribution in [0, 0.1) is 12.4 Å². The first-order chi connectivity index (χ1) is 14.5. The van der Waals surface area contributed by atoms with Crippen molar-refractivity contribution in [1.82, 2.24) is 4.98 Å². The normalized spacial score (nSPS) is 22.5. The van der Waals surface area contributed by atoms with Gasteiger partial charge in [0.1, 0.15) is 34.4 Å². The molecule has 3 rings (SSSR count). The minimum Gasteiger partial charge on any atom is -0.386 e. The van der Waals surface area contributed by atoms with Crippen LogP contribution in [-0.2, 0) is 15.4 Å². The summed E-state index contributed by atoms with van der Waals surface area (Å²) in [5.41, 5.74) is 3.75. The van der Waals surface area contributed by atoms with Gasteiger partial charge in [-0.05, 0) is 43.7 Å². The Kier molecular flexibility index (Phi) is 5.67. The molecule has 1 aliphatic heterocycles. The van der Waals surface area contributed by atoms with Crippen LogP contribution >= 0.6 is 0 Å². The van der Waals surface area contributed by atoms with E-state index in [4.69, 9.17) is 12.3 Å². The SMILES string of the molecule is [C-]#[N+]c1ccc(/C(F)=C/c2ccc(F)c([C@]3(CF)CS(=O)(=O)C(C)(C)C(N)=N3)c2)nc1. The second-order valence-corrected chi connectivity index (χ2v) is 10.2. The average Bonchev–Trinajstić information content (AvgIpc) is 2.73. The minimum absolute atomic E-state index is 0.0530.